The van der Waals surface area contributed by atoms with E-state index in [-0.39, 0.29) is 17.2 Å². The van der Waals surface area contributed by atoms with Crippen molar-refractivity contribution in [2.24, 2.45) is 0 Å². The quantitative estimate of drug-likeness (QED) is 0.808. The summed E-state index contributed by atoms with van der Waals surface area (Å²) in [6.07, 6.45) is 0. The second-order valence-corrected chi connectivity index (χ2v) is 4.57. The third-order valence-corrected chi connectivity index (χ3v) is 2.85. The monoisotopic (exact) mass is 298 g/mol. The van der Waals surface area contributed by atoms with Crippen molar-refractivity contribution in [1.82, 2.24) is 0 Å². The number of amides is 2. The molecule has 3 N–H and O–H groups in total. The predicted octanol–water partition coefficient (Wildman–Crippen LogP) is 2.60. The van der Waals surface area contributed by atoms with Crippen molar-refractivity contribution in [1.29, 1.82) is 0 Å². The molecule has 0 spiro atoms. The van der Waals surface area contributed by atoms with Crippen LogP contribution in [0.1, 0.15) is 27.6 Å². The number of rotatable bonds is 4. The van der Waals surface area contributed by atoms with Gasteiger partial charge in [0.2, 0.25) is 5.91 Å². The molecule has 0 radical (unpaired) electrons. The Kier molecular flexibility index (Phi) is 4.53. The van der Waals surface area contributed by atoms with Crippen molar-refractivity contribution < 1.29 is 19.5 Å². The summed E-state index contributed by atoms with van der Waals surface area (Å²) in [7, 11) is 0. The molecular formula is C16H14N2O4. The maximum atomic E-state index is 12.1. The third-order valence-electron chi connectivity index (χ3n) is 2.85. The molecular weight excluding hydrogens is 284 g/mol. The van der Waals surface area contributed by atoms with Crippen LogP contribution in [0.15, 0.2) is 48.5 Å². The van der Waals surface area contributed by atoms with Crippen LogP contribution in [0.4, 0.5) is 11.4 Å². The van der Waals surface area contributed by atoms with Crippen molar-refractivity contribution in [2.75, 3.05) is 10.6 Å². The highest BCUT2D eigenvalue weighted by Crippen LogP contribution is 2.21. The highest BCUT2D eigenvalue weighted by Gasteiger charge is 2.14. The van der Waals surface area contributed by atoms with Gasteiger partial charge in [-0.15, -0.1) is 0 Å². The Morgan fingerprint density at radius 2 is 1.64 bits per heavy atom. The molecule has 0 aliphatic rings. The van der Waals surface area contributed by atoms with Crippen LogP contribution < -0.4 is 10.6 Å². The van der Waals surface area contributed by atoms with Gasteiger partial charge in [0.15, 0.2) is 0 Å². The van der Waals surface area contributed by atoms with Crippen LogP contribution in [0.2, 0.25) is 0 Å². The van der Waals surface area contributed by atoms with Crippen molar-refractivity contribution in [3.05, 3.63) is 59.7 Å². The zero-order chi connectivity index (χ0) is 16.1. The van der Waals surface area contributed by atoms with E-state index in [2.05, 4.69) is 10.6 Å². The minimum absolute atomic E-state index is 0.101. The fourth-order valence-corrected chi connectivity index (χ4v) is 1.90. The molecule has 0 fully saturated rings. The molecule has 6 nitrogen and oxygen atoms in total. The fourth-order valence-electron chi connectivity index (χ4n) is 1.90. The first-order valence-electron chi connectivity index (χ1n) is 6.48. The molecule has 2 aromatic carbocycles. The van der Waals surface area contributed by atoms with Crippen LogP contribution >= 0.6 is 0 Å². The van der Waals surface area contributed by atoms with Gasteiger partial charge in [-0.05, 0) is 30.3 Å². The van der Waals surface area contributed by atoms with Crippen molar-refractivity contribution >= 4 is 29.2 Å². The van der Waals surface area contributed by atoms with Gasteiger partial charge in [-0.25, -0.2) is 4.79 Å². The van der Waals surface area contributed by atoms with E-state index in [0.717, 1.165) is 0 Å². The van der Waals surface area contributed by atoms with Crippen molar-refractivity contribution in [2.45, 2.75) is 6.92 Å². The molecule has 112 valence electrons. The van der Waals surface area contributed by atoms with Crippen molar-refractivity contribution in [3.8, 4) is 0 Å². The maximum absolute atomic E-state index is 12.1. The number of carboxylic acid groups (broad SMARTS) is 1. The smallest absolute Gasteiger partial charge is 0.337 e. The fraction of sp³-hybridized carbons (Fsp3) is 0.0625. The van der Waals surface area contributed by atoms with Gasteiger partial charge in [-0.2, -0.15) is 0 Å². The molecule has 0 aromatic heterocycles. The number of anilines is 2. The molecule has 0 saturated carbocycles. The highest BCUT2D eigenvalue weighted by atomic mass is 16.4. The summed E-state index contributed by atoms with van der Waals surface area (Å²) in [6, 6.07) is 12.7. The summed E-state index contributed by atoms with van der Waals surface area (Å²) in [5, 5.41) is 14.3. The predicted molar refractivity (Wildman–Crippen MR) is 82.1 cm³/mol. The van der Waals surface area contributed by atoms with Gasteiger partial charge in [0.1, 0.15) is 0 Å². The lowest BCUT2D eigenvalue weighted by Gasteiger charge is -2.11. The average Bonchev–Trinajstić information content (AvgIpc) is 2.49. The molecule has 0 aliphatic carbocycles. The molecule has 0 bridgehead atoms. The van der Waals surface area contributed by atoms with E-state index >= 15 is 0 Å². The van der Waals surface area contributed by atoms with Crippen molar-refractivity contribution in [3.63, 3.8) is 0 Å². The Morgan fingerprint density at radius 1 is 0.955 bits per heavy atom. The van der Waals surface area contributed by atoms with Crippen LogP contribution in [0.5, 0.6) is 0 Å². The number of carbonyl (C=O) groups is 3. The summed E-state index contributed by atoms with van der Waals surface area (Å²) in [6.45, 7) is 1.32. The Balaban J connectivity index is 2.28. The van der Waals surface area contributed by atoms with E-state index in [1.165, 1.54) is 25.1 Å². The number of aromatic carboxylic acids is 1. The molecule has 0 saturated heterocycles. The largest absolute Gasteiger partial charge is 0.478 e. The summed E-state index contributed by atoms with van der Waals surface area (Å²) >= 11 is 0. The van der Waals surface area contributed by atoms with Crippen LogP contribution in [0.25, 0.3) is 0 Å². The number of carbonyl (C=O) groups excluding carboxylic acids is 2. The number of benzene rings is 2. The van der Waals surface area contributed by atoms with E-state index < -0.39 is 11.9 Å². The standard InChI is InChI=1S/C16H14N2O4/c1-10(19)17-12-7-8-14(13(9-12)16(21)22)18-15(20)11-5-3-2-4-6-11/h2-9H,1H3,(H,17,19)(H,18,20)(H,21,22). The molecule has 2 amide bonds. The van der Waals surface area contributed by atoms with Gasteiger partial charge in [0.25, 0.3) is 5.91 Å². The highest BCUT2D eigenvalue weighted by molar-refractivity contribution is 6.08. The van der Waals surface area contributed by atoms with E-state index in [1.54, 1.807) is 30.3 Å². The van der Waals surface area contributed by atoms with E-state index in [9.17, 15) is 19.5 Å². The number of hydrogen-bond acceptors (Lipinski definition) is 3. The van der Waals surface area contributed by atoms with Gasteiger partial charge in [-0.1, -0.05) is 18.2 Å². The first-order chi connectivity index (χ1) is 10.5. The summed E-state index contributed by atoms with van der Waals surface area (Å²) in [5.41, 5.74) is 0.832. The van der Waals surface area contributed by atoms with Gasteiger partial charge in [0.05, 0.1) is 11.3 Å². The normalized spacial score (nSPS) is 9.86. The molecule has 2 rings (SSSR count). The second-order valence-electron chi connectivity index (χ2n) is 4.57. The average molecular weight is 298 g/mol. The zero-order valence-electron chi connectivity index (χ0n) is 11.8. The van der Waals surface area contributed by atoms with Crippen LogP contribution in [0, 0.1) is 0 Å². The van der Waals surface area contributed by atoms with E-state index in [0.29, 0.717) is 11.3 Å². The minimum Gasteiger partial charge on any atom is -0.478 e. The molecule has 2 aromatic rings. The lowest BCUT2D eigenvalue weighted by atomic mass is 10.1. The van der Waals surface area contributed by atoms with Crippen LogP contribution in [-0.2, 0) is 4.79 Å². The Bertz CT molecular complexity index is 726. The Hall–Kier alpha value is -3.15. The van der Waals surface area contributed by atoms with Crippen LogP contribution in [-0.4, -0.2) is 22.9 Å². The molecule has 0 unspecified atom stereocenters. The number of carboxylic acids is 1. The number of hydrogen-bond donors (Lipinski definition) is 3. The van der Waals surface area contributed by atoms with Gasteiger partial charge in [0, 0.05) is 18.2 Å². The first kappa shape index (κ1) is 15.2. The van der Waals surface area contributed by atoms with Gasteiger partial charge < -0.3 is 15.7 Å². The van der Waals surface area contributed by atoms with Gasteiger partial charge >= 0.3 is 5.97 Å². The SMILES string of the molecule is CC(=O)Nc1ccc(NC(=O)c2ccccc2)c(C(=O)O)c1. The summed E-state index contributed by atoms with van der Waals surface area (Å²) < 4.78 is 0. The number of nitrogens with one attached hydrogen (secondary N) is 2. The molecule has 0 aliphatic heterocycles. The Morgan fingerprint density at radius 3 is 2.23 bits per heavy atom. The lowest BCUT2D eigenvalue weighted by molar-refractivity contribution is -0.114. The zero-order valence-corrected chi connectivity index (χ0v) is 11.8. The lowest BCUT2D eigenvalue weighted by Crippen LogP contribution is -2.15. The van der Waals surface area contributed by atoms with E-state index in [1.807, 2.05) is 0 Å². The van der Waals surface area contributed by atoms with E-state index in [4.69, 9.17) is 0 Å². The Labute approximate surface area is 126 Å². The first-order valence-corrected chi connectivity index (χ1v) is 6.48. The minimum atomic E-state index is -1.20. The molecule has 0 heterocycles. The molecule has 6 heteroatoms. The van der Waals surface area contributed by atoms with Gasteiger partial charge in [-0.3, -0.25) is 9.59 Å². The molecule has 0 atom stereocenters. The maximum Gasteiger partial charge on any atom is 0.337 e. The summed E-state index contributed by atoms with van der Waals surface area (Å²) in [4.78, 5) is 34.4. The summed E-state index contributed by atoms with van der Waals surface area (Å²) in [5.74, 6) is -1.91. The second kappa shape index (κ2) is 6.53. The van der Waals surface area contributed by atoms with Crippen LogP contribution in [0.3, 0.4) is 0 Å². The topological polar surface area (TPSA) is 95.5 Å². The third kappa shape index (κ3) is 3.69. The molecule has 22 heavy (non-hydrogen) atoms.